The maximum absolute atomic E-state index is 12.0. The molecule has 2 aromatic rings. The highest BCUT2D eigenvalue weighted by Crippen LogP contribution is 2.21. The molecule has 0 atom stereocenters. The first-order valence-corrected chi connectivity index (χ1v) is 6.11. The van der Waals surface area contributed by atoms with Gasteiger partial charge in [0.15, 0.2) is 0 Å². The second kappa shape index (κ2) is 6.21. The summed E-state index contributed by atoms with van der Waals surface area (Å²) in [4.78, 5) is 12.0. The van der Waals surface area contributed by atoms with E-state index in [0.717, 1.165) is 0 Å². The number of amides is 1. The van der Waals surface area contributed by atoms with E-state index in [4.69, 9.17) is 0 Å². The number of anilines is 1. The first kappa shape index (κ1) is 14.8. The number of halogens is 2. The second-order valence-corrected chi connectivity index (χ2v) is 4.36. The Balaban J connectivity index is 2.07. The van der Waals surface area contributed by atoms with Crippen LogP contribution in [-0.2, 0) is 0 Å². The number of aryl methyl sites for hydroxylation is 1. The minimum atomic E-state index is -2.90. The number of hydrogen-bond donors (Lipinski definition) is 2. The lowest BCUT2D eigenvalue weighted by molar-refractivity contribution is -0.0498. The Morgan fingerprint density at radius 2 is 1.86 bits per heavy atom. The molecule has 110 valence electrons. The van der Waals surface area contributed by atoms with Gasteiger partial charge in [0.25, 0.3) is 5.91 Å². The summed E-state index contributed by atoms with van der Waals surface area (Å²) in [6.07, 6.45) is 0. The fourth-order valence-corrected chi connectivity index (χ4v) is 1.72. The van der Waals surface area contributed by atoms with Crippen LogP contribution in [0.4, 0.5) is 14.5 Å². The zero-order chi connectivity index (χ0) is 15.4. The van der Waals surface area contributed by atoms with Crippen molar-refractivity contribution in [3.05, 3.63) is 53.6 Å². The number of carbonyl (C=O) groups is 1. The molecule has 21 heavy (non-hydrogen) atoms. The van der Waals surface area contributed by atoms with Crippen molar-refractivity contribution >= 4 is 11.6 Å². The summed E-state index contributed by atoms with van der Waals surface area (Å²) in [7, 11) is 0. The van der Waals surface area contributed by atoms with E-state index >= 15 is 0 Å². The number of hydrogen-bond acceptors (Lipinski definition) is 3. The Labute approximate surface area is 120 Å². The van der Waals surface area contributed by atoms with E-state index in [1.807, 2.05) is 0 Å². The van der Waals surface area contributed by atoms with Crippen LogP contribution in [0.25, 0.3) is 0 Å². The van der Waals surface area contributed by atoms with E-state index in [2.05, 4.69) is 10.1 Å². The summed E-state index contributed by atoms with van der Waals surface area (Å²) in [5.41, 5.74) is 1.47. The smallest absolute Gasteiger partial charge is 0.387 e. The third-order valence-electron chi connectivity index (χ3n) is 2.80. The molecule has 0 heterocycles. The van der Waals surface area contributed by atoms with Crippen LogP contribution in [0.15, 0.2) is 42.5 Å². The number of benzene rings is 2. The zero-order valence-electron chi connectivity index (χ0n) is 11.1. The summed E-state index contributed by atoms with van der Waals surface area (Å²) in [6, 6.07) is 10.0. The summed E-state index contributed by atoms with van der Waals surface area (Å²) < 4.78 is 28.2. The Bertz CT molecular complexity index is 642. The fraction of sp³-hybridized carbons (Fsp3) is 0.133. The molecule has 1 amide bonds. The quantitative estimate of drug-likeness (QED) is 0.847. The van der Waals surface area contributed by atoms with Crippen LogP contribution in [-0.4, -0.2) is 17.6 Å². The van der Waals surface area contributed by atoms with Gasteiger partial charge in [-0.25, -0.2) is 0 Å². The molecule has 0 saturated carbocycles. The first-order chi connectivity index (χ1) is 9.95. The zero-order valence-corrected chi connectivity index (χ0v) is 11.1. The van der Waals surface area contributed by atoms with Crippen molar-refractivity contribution in [1.29, 1.82) is 0 Å². The molecule has 0 aromatic heterocycles. The molecule has 0 bridgehead atoms. The normalized spacial score (nSPS) is 10.5. The van der Waals surface area contributed by atoms with Crippen molar-refractivity contribution in [3.8, 4) is 11.5 Å². The van der Waals surface area contributed by atoms with Gasteiger partial charge < -0.3 is 15.2 Å². The molecule has 0 spiro atoms. The third-order valence-corrected chi connectivity index (χ3v) is 2.80. The molecular weight excluding hydrogens is 280 g/mol. The van der Waals surface area contributed by atoms with Crippen LogP contribution < -0.4 is 10.1 Å². The van der Waals surface area contributed by atoms with Gasteiger partial charge in [-0.05, 0) is 55.0 Å². The molecule has 0 aliphatic carbocycles. The predicted molar refractivity (Wildman–Crippen MR) is 73.9 cm³/mol. The molecule has 2 rings (SSSR count). The lowest BCUT2D eigenvalue weighted by Gasteiger charge is -2.08. The topological polar surface area (TPSA) is 58.6 Å². The van der Waals surface area contributed by atoms with Crippen LogP contribution in [0.1, 0.15) is 15.9 Å². The minimum Gasteiger partial charge on any atom is -0.508 e. The summed E-state index contributed by atoms with van der Waals surface area (Å²) in [5, 5.41) is 12.1. The number of ether oxygens (including phenoxy) is 1. The third kappa shape index (κ3) is 3.92. The standard InChI is InChI=1S/C15H13F2NO3/c1-9-8-11(4-7-13(9)19)18-14(20)10-2-5-12(6-3-10)21-15(16)17/h2-8,15,19H,1H3,(H,18,20). The van der Waals surface area contributed by atoms with Crippen molar-refractivity contribution in [2.75, 3.05) is 5.32 Å². The van der Waals surface area contributed by atoms with E-state index in [1.165, 1.54) is 30.3 Å². The van der Waals surface area contributed by atoms with Gasteiger partial charge in [0.1, 0.15) is 11.5 Å². The van der Waals surface area contributed by atoms with Gasteiger partial charge in [0, 0.05) is 11.3 Å². The Morgan fingerprint density at radius 3 is 2.43 bits per heavy atom. The highest BCUT2D eigenvalue weighted by Gasteiger charge is 2.09. The second-order valence-electron chi connectivity index (χ2n) is 4.36. The molecule has 0 aliphatic heterocycles. The molecule has 6 heteroatoms. The van der Waals surface area contributed by atoms with E-state index in [1.54, 1.807) is 19.1 Å². The average Bonchev–Trinajstić information content (AvgIpc) is 2.43. The van der Waals surface area contributed by atoms with Crippen molar-refractivity contribution in [3.63, 3.8) is 0 Å². The van der Waals surface area contributed by atoms with Gasteiger partial charge in [-0.1, -0.05) is 0 Å². The lowest BCUT2D eigenvalue weighted by Crippen LogP contribution is -2.12. The maximum Gasteiger partial charge on any atom is 0.387 e. The van der Waals surface area contributed by atoms with E-state index in [9.17, 15) is 18.7 Å². The molecule has 0 radical (unpaired) electrons. The molecule has 2 N–H and O–H groups in total. The van der Waals surface area contributed by atoms with E-state index in [-0.39, 0.29) is 17.4 Å². The van der Waals surface area contributed by atoms with Gasteiger partial charge in [0.05, 0.1) is 0 Å². The summed E-state index contributed by atoms with van der Waals surface area (Å²) in [5.74, 6) is -0.257. The lowest BCUT2D eigenvalue weighted by atomic mass is 10.1. The molecule has 0 aliphatic rings. The SMILES string of the molecule is Cc1cc(NC(=O)c2ccc(OC(F)F)cc2)ccc1O. The van der Waals surface area contributed by atoms with Crippen LogP contribution in [0.3, 0.4) is 0 Å². The number of rotatable bonds is 4. The number of nitrogens with one attached hydrogen (secondary N) is 1. The Hall–Kier alpha value is -2.63. The van der Waals surface area contributed by atoms with E-state index in [0.29, 0.717) is 16.8 Å². The minimum absolute atomic E-state index is 0.0120. The van der Waals surface area contributed by atoms with Crippen LogP contribution in [0.5, 0.6) is 11.5 Å². The van der Waals surface area contributed by atoms with Crippen LogP contribution in [0, 0.1) is 6.92 Å². The summed E-state index contributed by atoms with van der Waals surface area (Å²) in [6.45, 7) is -1.19. The first-order valence-electron chi connectivity index (χ1n) is 6.11. The van der Waals surface area contributed by atoms with Crippen LogP contribution >= 0.6 is 0 Å². The molecule has 0 saturated heterocycles. The maximum atomic E-state index is 12.0. The number of phenolic OH excluding ortho intramolecular Hbond substituents is 1. The van der Waals surface area contributed by atoms with Crippen molar-refractivity contribution < 1.29 is 23.4 Å². The number of alkyl halides is 2. The fourth-order valence-electron chi connectivity index (χ4n) is 1.72. The van der Waals surface area contributed by atoms with E-state index < -0.39 is 6.61 Å². The van der Waals surface area contributed by atoms with Crippen molar-refractivity contribution in [2.45, 2.75) is 13.5 Å². The molecule has 0 fully saturated rings. The van der Waals surface area contributed by atoms with Crippen molar-refractivity contribution in [1.82, 2.24) is 0 Å². The Kier molecular flexibility index (Phi) is 4.37. The van der Waals surface area contributed by atoms with Gasteiger partial charge in [-0.2, -0.15) is 8.78 Å². The number of phenols is 1. The predicted octanol–water partition coefficient (Wildman–Crippen LogP) is 3.55. The number of carbonyl (C=O) groups excluding carboxylic acids is 1. The Morgan fingerprint density at radius 1 is 1.19 bits per heavy atom. The van der Waals surface area contributed by atoms with Crippen molar-refractivity contribution in [2.24, 2.45) is 0 Å². The molecule has 2 aromatic carbocycles. The summed E-state index contributed by atoms with van der Waals surface area (Å²) >= 11 is 0. The van der Waals surface area contributed by atoms with Crippen LogP contribution in [0.2, 0.25) is 0 Å². The monoisotopic (exact) mass is 293 g/mol. The van der Waals surface area contributed by atoms with Gasteiger partial charge in [0.2, 0.25) is 0 Å². The average molecular weight is 293 g/mol. The molecular formula is C15H13F2NO3. The number of aromatic hydroxyl groups is 1. The molecule has 0 unspecified atom stereocenters. The van der Waals surface area contributed by atoms with Gasteiger partial charge in [-0.3, -0.25) is 4.79 Å². The highest BCUT2D eigenvalue weighted by molar-refractivity contribution is 6.04. The largest absolute Gasteiger partial charge is 0.508 e. The van der Waals surface area contributed by atoms with Gasteiger partial charge in [-0.15, -0.1) is 0 Å². The van der Waals surface area contributed by atoms with Gasteiger partial charge >= 0.3 is 6.61 Å². The highest BCUT2D eigenvalue weighted by atomic mass is 19.3. The molecule has 4 nitrogen and oxygen atoms in total.